The Morgan fingerprint density at radius 3 is 2.69 bits per heavy atom. The number of imidazole rings is 1. The van der Waals surface area contributed by atoms with E-state index >= 15 is 0 Å². The van der Waals surface area contributed by atoms with Crippen molar-refractivity contribution in [2.45, 2.75) is 0 Å². The molecule has 0 aliphatic rings. The molecule has 0 aliphatic heterocycles. The van der Waals surface area contributed by atoms with Gasteiger partial charge in [0.2, 0.25) is 0 Å². The number of halogens is 2. The summed E-state index contributed by atoms with van der Waals surface area (Å²) in [5.74, 6) is -0.358. The van der Waals surface area contributed by atoms with Crippen LogP contribution in [0, 0.1) is 10.1 Å². The maximum absolute atomic E-state index is 12.1. The SMILES string of the molecule is COCCNCCNC(=O)c1ccc(-n2ccnc2)c([N+](=O)[O-])c1.Cl.Cl. The Hall–Kier alpha value is -2.20. The number of nitrogens with one attached hydrogen (secondary N) is 2. The smallest absolute Gasteiger partial charge is 0.294 e. The molecular formula is C15H21Cl2N5O4. The van der Waals surface area contributed by atoms with Gasteiger partial charge in [0, 0.05) is 50.8 Å². The minimum absolute atomic E-state index is 0. The van der Waals surface area contributed by atoms with E-state index in [9.17, 15) is 14.9 Å². The van der Waals surface area contributed by atoms with Crippen LogP contribution in [0.5, 0.6) is 0 Å². The number of hydrogen-bond donors (Lipinski definition) is 2. The van der Waals surface area contributed by atoms with Gasteiger partial charge in [0.05, 0.1) is 17.9 Å². The van der Waals surface area contributed by atoms with Crippen LogP contribution in [-0.4, -0.2) is 53.7 Å². The molecule has 2 N–H and O–H groups in total. The number of aromatic nitrogens is 2. The van der Waals surface area contributed by atoms with E-state index < -0.39 is 4.92 Å². The van der Waals surface area contributed by atoms with Crippen molar-refractivity contribution in [3.05, 3.63) is 52.6 Å². The van der Waals surface area contributed by atoms with E-state index in [0.29, 0.717) is 31.9 Å². The Kier molecular flexibility index (Phi) is 11.2. The van der Waals surface area contributed by atoms with E-state index in [1.54, 1.807) is 19.4 Å². The van der Waals surface area contributed by atoms with Gasteiger partial charge in [-0.25, -0.2) is 4.98 Å². The number of benzene rings is 1. The molecule has 1 amide bonds. The molecule has 9 nitrogen and oxygen atoms in total. The molecule has 0 bridgehead atoms. The molecule has 0 saturated carbocycles. The highest BCUT2D eigenvalue weighted by atomic mass is 35.5. The highest BCUT2D eigenvalue weighted by Gasteiger charge is 2.18. The molecule has 0 spiro atoms. The Balaban J connectivity index is 0.00000312. The predicted molar refractivity (Wildman–Crippen MR) is 102 cm³/mol. The summed E-state index contributed by atoms with van der Waals surface area (Å²) in [5.41, 5.74) is 0.441. The van der Waals surface area contributed by atoms with Gasteiger partial charge in [-0.15, -0.1) is 24.8 Å². The summed E-state index contributed by atoms with van der Waals surface area (Å²) in [4.78, 5) is 26.7. The summed E-state index contributed by atoms with van der Waals surface area (Å²) < 4.78 is 6.42. The lowest BCUT2D eigenvalue weighted by Crippen LogP contribution is -2.33. The normalized spacial score (nSPS) is 9.73. The first-order valence-corrected chi connectivity index (χ1v) is 7.38. The number of amides is 1. The summed E-state index contributed by atoms with van der Waals surface area (Å²) >= 11 is 0. The quantitative estimate of drug-likeness (QED) is 0.372. The van der Waals surface area contributed by atoms with Crippen LogP contribution in [0.15, 0.2) is 36.9 Å². The molecule has 2 rings (SSSR count). The molecule has 0 atom stereocenters. The average Bonchev–Trinajstić information content (AvgIpc) is 3.11. The summed E-state index contributed by atoms with van der Waals surface area (Å²) in [6.45, 7) is 2.29. The van der Waals surface area contributed by atoms with E-state index in [2.05, 4.69) is 15.6 Å². The lowest BCUT2D eigenvalue weighted by molar-refractivity contribution is -0.384. The third-order valence-corrected chi connectivity index (χ3v) is 3.29. The van der Waals surface area contributed by atoms with Crippen LogP contribution in [0.2, 0.25) is 0 Å². The minimum atomic E-state index is -0.515. The molecule has 0 fully saturated rings. The first-order chi connectivity index (χ1) is 11.6. The largest absolute Gasteiger partial charge is 0.383 e. The molecule has 0 saturated heterocycles. The average molecular weight is 406 g/mol. The highest BCUT2D eigenvalue weighted by molar-refractivity contribution is 5.95. The van der Waals surface area contributed by atoms with Gasteiger partial charge in [-0.1, -0.05) is 0 Å². The lowest BCUT2D eigenvalue weighted by Gasteiger charge is -2.08. The van der Waals surface area contributed by atoms with Crippen LogP contribution in [-0.2, 0) is 4.74 Å². The Labute approximate surface area is 163 Å². The van der Waals surface area contributed by atoms with Crippen molar-refractivity contribution in [1.82, 2.24) is 20.2 Å². The summed E-state index contributed by atoms with van der Waals surface area (Å²) in [6.07, 6.45) is 4.60. The van der Waals surface area contributed by atoms with Crippen LogP contribution in [0.25, 0.3) is 5.69 Å². The topological polar surface area (TPSA) is 111 Å². The number of ether oxygens (including phenoxy) is 1. The number of methoxy groups -OCH3 is 1. The highest BCUT2D eigenvalue weighted by Crippen LogP contribution is 2.24. The van der Waals surface area contributed by atoms with Gasteiger partial charge in [-0.2, -0.15) is 0 Å². The first-order valence-electron chi connectivity index (χ1n) is 7.38. The van der Waals surface area contributed by atoms with Crippen molar-refractivity contribution >= 4 is 36.4 Å². The molecule has 1 heterocycles. The van der Waals surface area contributed by atoms with Crippen LogP contribution in [0.4, 0.5) is 5.69 Å². The van der Waals surface area contributed by atoms with Gasteiger partial charge in [-0.3, -0.25) is 14.9 Å². The van der Waals surface area contributed by atoms with Crippen LogP contribution >= 0.6 is 24.8 Å². The predicted octanol–water partition coefficient (Wildman–Crippen LogP) is 1.59. The number of carbonyl (C=O) groups excluding carboxylic acids is 1. The van der Waals surface area contributed by atoms with Crippen molar-refractivity contribution < 1.29 is 14.5 Å². The second-order valence-corrected chi connectivity index (χ2v) is 4.93. The summed E-state index contributed by atoms with van der Waals surface area (Å²) in [7, 11) is 1.61. The van der Waals surface area contributed by atoms with Gasteiger partial charge in [0.15, 0.2) is 0 Å². The van der Waals surface area contributed by atoms with E-state index in [-0.39, 0.29) is 42.0 Å². The molecule has 1 aromatic heterocycles. The fourth-order valence-corrected chi connectivity index (χ4v) is 2.10. The van der Waals surface area contributed by atoms with Gasteiger partial charge in [-0.05, 0) is 12.1 Å². The second kappa shape index (κ2) is 12.2. The molecule has 0 aliphatic carbocycles. The molecule has 2 aromatic rings. The number of nitro benzene ring substituents is 1. The van der Waals surface area contributed by atoms with Crippen molar-refractivity contribution in [1.29, 1.82) is 0 Å². The van der Waals surface area contributed by atoms with Crippen LogP contribution < -0.4 is 10.6 Å². The van der Waals surface area contributed by atoms with Crippen LogP contribution in [0.3, 0.4) is 0 Å². The van der Waals surface area contributed by atoms with E-state index in [1.807, 2.05) is 0 Å². The molecule has 144 valence electrons. The fourth-order valence-electron chi connectivity index (χ4n) is 2.10. The molecule has 0 radical (unpaired) electrons. The zero-order chi connectivity index (χ0) is 17.4. The standard InChI is InChI=1S/C15H19N5O4.2ClH/c1-24-9-7-16-4-5-18-15(21)12-2-3-13(14(10-12)20(22)23)19-8-6-17-11-19;;/h2-3,6,8,10-11,16H,4-5,7,9H2,1H3,(H,18,21);2*1H. The van der Waals surface area contributed by atoms with Crippen molar-refractivity contribution in [3.8, 4) is 5.69 Å². The van der Waals surface area contributed by atoms with E-state index in [0.717, 1.165) is 0 Å². The lowest BCUT2D eigenvalue weighted by atomic mass is 10.1. The number of nitrogens with zero attached hydrogens (tertiary/aromatic N) is 3. The second-order valence-electron chi connectivity index (χ2n) is 4.93. The Morgan fingerprint density at radius 1 is 1.31 bits per heavy atom. The fraction of sp³-hybridized carbons (Fsp3) is 0.333. The van der Waals surface area contributed by atoms with Gasteiger partial charge in [0.1, 0.15) is 5.69 Å². The summed E-state index contributed by atoms with van der Waals surface area (Å²) in [6, 6.07) is 4.35. The molecule has 26 heavy (non-hydrogen) atoms. The zero-order valence-electron chi connectivity index (χ0n) is 14.1. The number of hydrogen-bond acceptors (Lipinski definition) is 6. The van der Waals surface area contributed by atoms with Gasteiger partial charge >= 0.3 is 0 Å². The Morgan fingerprint density at radius 2 is 2.08 bits per heavy atom. The van der Waals surface area contributed by atoms with Crippen molar-refractivity contribution in [2.24, 2.45) is 0 Å². The minimum Gasteiger partial charge on any atom is -0.383 e. The maximum Gasteiger partial charge on any atom is 0.294 e. The number of nitro groups is 1. The third kappa shape index (κ3) is 6.60. The first kappa shape index (κ1) is 23.8. The van der Waals surface area contributed by atoms with Gasteiger partial charge in [0.25, 0.3) is 11.6 Å². The molecule has 0 unspecified atom stereocenters. The molecule has 1 aromatic carbocycles. The molecular weight excluding hydrogens is 385 g/mol. The van der Waals surface area contributed by atoms with E-state index in [4.69, 9.17) is 4.74 Å². The monoisotopic (exact) mass is 405 g/mol. The maximum atomic E-state index is 12.1. The summed E-state index contributed by atoms with van der Waals surface area (Å²) in [5, 5.41) is 17.1. The number of carbonyl (C=O) groups is 1. The third-order valence-electron chi connectivity index (χ3n) is 3.29. The molecule has 11 heteroatoms. The van der Waals surface area contributed by atoms with E-state index in [1.165, 1.54) is 29.2 Å². The van der Waals surface area contributed by atoms with Crippen LogP contribution in [0.1, 0.15) is 10.4 Å². The number of rotatable bonds is 9. The Bertz CT molecular complexity index is 697. The van der Waals surface area contributed by atoms with Crippen molar-refractivity contribution in [2.75, 3.05) is 33.4 Å². The van der Waals surface area contributed by atoms with Crippen molar-refractivity contribution in [3.63, 3.8) is 0 Å². The van der Waals surface area contributed by atoms with Gasteiger partial charge < -0.3 is 19.9 Å². The zero-order valence-corrected chi connectivity index (χ0v) is 15.7.